The lowest BCUT2D eigenvalue weighted by molar-refractivity contribution is -0.155. The molecule has 0 saturated carbocycles. The summed E-state index contributed by atoms with van der Waals surface area (Å²) in [4.78, 5) is 15.9. The van der Waals surface area contributed by atoms with Crippen LogP contribution < -0.4 is 11.1 Å². The third-order valence-corrected chi connectivity index (χ3v) is 4.21. The molecule has 3 rings (SSSR count). The number of carbonyl (C=O) groups is 1. The van der Waals surface area contributed by atoms with Crippen molar-refractivity contribution in [1.82, 2.24) is 15.2 Å². The van der Waals surface area contributed by atoms with E-state index in [1.807, 2.05) is 51.2 Å². The Labute approximate surface area is 149 Å². The van der Waals surface area contributed by atoms with Crippen molar-refractivity contribution in [2.45, 2.75) is 38.8 Å². The number of nitrogen functional groups attached to an aromatic ring is 1. The average molecular weight is 359 g/mol. The molecule has 25 heavy (non-hydrogen) atoms. The molecule has 1 atom stereocenters. The zero-order chi connectivity index (χ0) is 18.0. The highest BCUT2D eigenvalue weighted by atomic mass is 32.1. The highest BCUT2D eigenvalue weighted by Gasteiger charge is 2.27. The van der Waals surface area contributed by atoms with Crippen LogP contribution in [0.2, 0.25) is 0 Å². The lowest BCUT2D eigenvalue weighted by Crippen LogP contribution is -2.38. The third-order valence-electron chi connectivity index (χ3n) is 3.53. The fourth-order valence-corrected chi connectivity index (χ4v) is 3.09. The first kappa shape index (κ1) is 17.2. The van der Waals surface area contributed by atoms with Gasteiger partial charge in [0.2, 0.25) is 10.3 Å². The van der Waals surface area contributed by atoms with Gasteiger partial charge in [0.15, 0.2) is 0 Å². The molecule has 0 aliphatic heterocycles. The van der Waals surface area contributed by atoms with Crippen molar-refractivity contribution in [3.8, 4) is 0 Å². The summed E-state index contributed by atoms with van der Waals surface area (Å²) in [5.41, 5.74) is 7.11. The third kappa shape index (κ3) is 4.27. The van der Waals surface area contributed by atoms with Gasteiger partial charge in [0.1, 0.15) is 11.6 Å². The number of carbonyl (C=O) groups excluding carboxylic acids is 1. The first-order valence-corrected chi connectivity index (χ1v) is 8.77. The van der Waals surface area contributed by atoms with Crippen LogP contribution >= 0.6 is 11.3 Å². The number of para-hydroxylation sites is 1. The lowest BCUT2D eigenvalue weighted by atomic mass is 10.0. The number of aromatic amines is 1. The van der Waals surface area contributed by atoms with E-state index in [0.29, 0.717) is 16.7 Å². The van der Waals surface area contributed by atoms with Gasteiger partial charge in [0, 0.05) is 23.5 Å². The van der Waals surface area contributed by atoms with E-state index in [1.54, 1.807) is 0 Å². The van der Waals surface area contributed by atoms with Gasteiger partial charge in [-0.15, -0.1) is 10.2 Å². The van der Waals surface area contributed by atoms with Crippen LogP contribution in [0, 0.1) is 0 Å². The van der Waals surface area contributed by atoms with Crippen LogP contribution in [0.15, 0.2) is 30.5 Å². The second-order valence-electron chi connectivity index (χ2n) is 6.74. The van der Waals surface area contributed by atoms with E-state index in [-0.39, 0.29) is 5.97 Å². The van der Waals surface area contributed by atoms with Gasteiger partial charge in [-0.25, -0.2) is 4.79 Å². The maximum Gasteiger partial charge on any atom is 0.329 e. The number of hydrogen-bond acceptors (Lipinski definition) is 7. The van der Waals surface area contributed by atoms with Crippen molar-refractivity contribution in [2.24, 2.45) is 0 Å². The minimum Gasteiger partial charge on any atom is -0.458 e. The molecule has 4 N–H and O–H groups in total. The standard InChI is InChI=1S/C17H21N5O2S/c1-17(2,3)24-14(23)13(20-16-22-21-15(18)25-16)8-10-9-19-12-7-5-4-6-11(10)12/h4-7,9,13,19H,8H2,1-3H3,(H2,18,21)(H,20,22). The van der Waals surface area contributed by atoms with Gasteiger partial charge in [-0.1, -0.05) is 29.5 Å². The van der Waals surface area contributed by atoms with E-state index in [9.17, 15) is 4.79 Å². The van der Waals surface area contributed by atoms with Gasteiger partial charge in [0.05, 0.1) is 0 Å². The molecule has 7 nitrogen and oxygen atoms in total. The van der Waals surface area contributed by atoms with E-state index in [0.717, 1.165) is 16.5 Å². The maximum absolute atomic E-state index is 12.7. The SMILES string of the molecule is CC(C)(C)OC(=O)C(Cc1c[nH]c2ccccc12)Nc1nnc(N)s1. The molecule has 0 fully saturated rings. The molecule has 2 heterocycles. The molecule has 0 aliphatic carbocycles. The number of ether oxygens (including phenoxy) is 1. The quantitative estimate of drug-likeness (QED) is 0.605. The summed E-state index contributed by atoms with van der Waals surface area (Å²) in [6.07, 6.45) is 2.37. The fourth-order valence-electron chi connectivity index (χ4n) is 2.53. The largest absolute Gasteiger partial charge is 0.458 e. The summed E-state index contributed by atoms with van der Waals surface area (Å²) in [6, 6.07) is 7.37. The Hall–Kier alpha value is -2.61. The van der Waals surface area contributed by atoms with Gasteiger partial charge in [-0.3, -0.25) is 0 Å². The van der Waals surface area contributed by atoms with Crippen LogP contribution in [-0.4, -0.2) is 32.8 Å². The Morgan fingerprint density at radius 1 is 1.36 bits per heavy atom. The second kappa shape index (κ2) is 6.72. The van der Waals surface area contributed by atoms with Gasteiger partial charge in [-0.05, 0) is 32.4 Å². The Kier molecular flexibility index (Phi) is 4.63. The highest BCUT2D eigenvalue weighted by molar-refractivity contribution is 7.18. The summed E-state index contributed by atoms with van der Waals surface area (Å²) in [5, 5.41) is 12.7. The molecule has 0 aliphatic rings. The summed E-state index contributed by atoms with van der Waals surface area (Å²) >= 11 is 1.20. The number of nitrogens with two attached hydrogens (primary N) is 1. The summed E-state index contributed by atoms with van der Waals surface area (Å²) in [7, 11) is 0. The molecule has 0 bridgehead atoms. The molecule has 0 radical (unpaired) electrons. The molecule has 3 aromatic rings. The number of hydrogen-bond donors (Lipinski definition) is 3. The van der Waals surface area contributed by atoms with Crippen molar-refractivity contribution in [3.63, 3.8) is 0 Å². The summed E-state index contributed by atoms with van der Waals surface area (Å²) in [6.45, 7) is 5.53. The highest BCUT2D eigenvalue weighted by Crippen LogP contribution is 2.23. The number of nitrogens with one attached hydrogen (secondary N) is 2. The number of aromatic nitrogens is 3. The van der Waals surface area contributed by atoms with Crippen molar-refractivity contribution in [2.75, 3.05) is 11.1 Å². The predicted molar refractivity (Wildman–Crippen MR) is 99.6 cm³/mol. The molecule has 8 heteroatoms. The Morgan fingerprint density at radius 3 is 2.80 bits per heavy atom. The number of benzene rings is 1. The van der Waals surface area contributed by atoms with E-state index >= 15 is 0 Å². The van der Waals surface area contributed by atoms with Crippen LogP contribution in [0.3, 0.4) is 0 Å². The van der Waals surface area contributed by atoms with Crippen LogP contribution in [0.1, 0.15) is 26.3 Å². The molecule has 0 saturated heterocycles. The Morgan fingerprint density at radius 2 is 2.12 bits per heavy atom. The Balaban J connectivity index is 1.86. The number of rotatable bonds is 5. The van der Waals surface area contributed by atoms with Gasteiger partial charge in [-0.2, -0.15) is 0 Å². The minimum atomic E-state index is -0.592. The topological polar surface area (TPSA) is 106 Å². The van der Waals surface area contributed by atoms with Crippen molar-refractivity contribution in [3.05, 3.63) is 36.0 Å². The molecular weight excluding hydrogens is 338 g/mol. The van der Waals surface area contributed by atoms with Crippen LogP contribution in [0.25, 0.3) is 10.9 Å². The minimum absolute atomic E-state index is 0.341. The van der Waals surface area contributed by atoms with Gasteiger partial charge < -0.3 is 20.8 Å². The molecule has 0 spiro atoms. The number of esters is 1. The number of anilines is 2. The van der Waals surface area contributed by atoms with E-state index in [2.05, 4.69) is 20.5 Å². The van der Waals surface area contributed by atoms with Crippen molar-refractivity contribution >= 4 is 38.5 Å². The summed E-state index contributed by atoms with van der Waals surface area (Å²) in [5.74, 6) is -0.341. The van der Waals surface area contributed by atoms with Crippen molar-refractivity contribution < 1.29 is 9.53 Å². The van der Waals surface area contributed by atoms with Crippen molar-refractivity contribution in [1.29, 1.82) is 0 Å². The smallest absolute Gasteiger partial charge is 0.329 e. The van der Waals surface area contributed by atoms with E-state index in [1.165, 1.54) is 11.3 Å². The number of H-pyrrole nitrogens is 1. The zero-order valence-corrected chi connectivity index (χ0v) is 15.2. The predicted octanol–water partition coefficient (Wildman–Crippen LogP) is 2.97. The fraction of sp³-hybridized carbons (Fsp3) is 0.353. The normalized spacial score (nSPS) is 12.9. The Bertz CT molecular complexity index is 880. The van der Waals surface area contributed by atoms with Gasteiger partial charge in [0.25, 0.3) is 0 Å². The average Bonchev–Trinajstić information content (AvgIpc) is 3.12. The van der Waals surface area contributed by atoms with Crippen LogP contribution in [0.5, 0.6) is 0 Å². The van der Waals surface area contributed by atoms with Gasteiger partial charge >= 0.3 is 5.97 Å². The van der Waals surface area contributed by atoms with E-state index < -0.39 is 11.6 Å². The monoisotopic (exact) mass is 359 g/mol. The molecule has 0 amide bonds. The number of fused-ring (bicyclic) bond motifs is 1. The number of nitrogens with zero attached hydrogens (tertiary/aromatic N) is 2. The first-order valence-electron chi connectivity index (χ1n) is 7.95. The van der Waals surface area contributed by atoms with E-state index in [4.69, 9.17) is 10.5 Å². The molecule has 132 valence electrons. The first-order chi connectivity index (χ1) is 11.8. The second-order valence-corrected chi connectivity index (χ2v) is 7.75. The van der Waals surface area contributed by atoms with Crippen LogP contribution in [0.4, 0.5) is 10.3 Å². The summed E-state index contributed by atoms with van der Waals surface area (Å²) < 4.78 is 5.55. The maximum atomic E-state index is 12.7. The van der Waals surface area contributed by atoms with Crippen LogP contribution in [-0.2, 0) is 16.0 Å². The molecule has 1 aromatic carbocycles. The molecular formula is C17H21N5O2S. The molecule has 1 unspecified atom stereocenters. The molecule has 2 aromatic heterocycles. The zero-order valence-electron chi connectivity index (χ0n) is 14.4. The lowest BCUT2D eigenvalue weighted by Gasteiger charge is -2.24.